The second-order valence-corrected chi connectivity index (χ2v) is 4.55. The van der Waals surface area contributed by atoms with Crippen molar-refractivity contribution in [2.24, 2.45) is 5.73 Å². The molecule has 0 aromatic rings. The minimum absolute atomic E-state index is 0.289. The number of hydrogen-bond donors (Lipinski definition) is 2. The molecule has 2 saturated heterocycles. The second-order valence-electron chi connectivity index (χ2n) is 4.55. The van der Waals surface area contributed by atoms with Gasteiger partial charge in [0.1, 0.15) is 0 Å². The van der Waals surface area contributed by atoms with E-state index in [0.29, 0.717) is 18.1 Å². The van der Waals surface area contributed by atoms with E-state index in [0.717, 1.165) is 12.8 Å². The highest BCUT2D eigenvalue weighted by Gasteiger charge is 2.39. The van der Waals surface area contributed by atoms with Gasteiger partial charge in [-0.3, -0.25) is 0 Å². The fraction of sp³-hybridized carbons (Fsp3) is 1.00. The molecule has 2 unspecified atom stereocenters. The lowest BCUT2D eigenvalue weighted by atomic mass is 9.71. The zero-order valence-electron chi connectivity index (χ0n) is 8.32. The summed E-state index contributed by atoms with van der Waals surface area (Å²) in [6, 6.07) is 1.45. The molecule has 3 N–H and O–H groups in total. The van der Waals surface area contributed by atoms with Gasteiger partial charge in [-0.15, -0.1) is 0 Å². The Kier molecular flexibility index (Phi) is 2.63. The summed E-state index contributed by atoms with van der Waals surface area (Å²) in [6.07, 6.45) is 5.89. The maximum absolute atomic E-state index is 9.65. The van der Waals surface area contributed by atoms with Gasteiger partial charge in [-0.2, -0.15) is 0 Å². The molecule has 2 aliphatic rings. The summed E-state index contributed by atoms with van der Waals surface area (Å²) in [4.78, 5) is 2.27. The van der Waals surface area contributed by atoms with E-state index in [1.807, 2.05) is 6.82 Å². The first-order valence-corrected chi connectivity index (χ1v) is 5.39. The van der Waals surface area contributed by atoms with Gasteiger partial charge in [-0.25, -0.2) is 0 Å². The molecule has 0 radical (unpaired) electrons. The van der Waals surface area contributed by atoms with Crippen LogP contribution in [0.25, 0.3) is 0 Å². The molecular formula is C9H19BN2O. The Balaban J connectivity index is 2.10. The molecule has 13 heavy (non-hydrogen) atoms. The number of hydrogen-bond acceptors (Lipinski definition) is 3. The smallest absolute Gasteiger partial charge is 0.376 e. The Morgan fingerprint density at radius 3 is 2.31 bits per heavy atom. The molecule has 0 saturated carbocycles. The Bertz CT molecular complexity index is 174. The van der Waals surface area contributed by atoms with E-state index >= 15 is 0 Å². The highest BCUT2D eigenvalue weighted by atomic mass is 16.2. The third-order valence-corrected chi connectivity index (χ3v) is 3.50. The molecule has 74 valence electrons. The first-order chi connectivity index (χ1) is 6.18. The van der Waals surface area contributed by atoms with Crippen molar-refractivity contribution >= 4 is 7.05 Å². The minimum Gasteiger partial charge on any atom is -0.437 e. The Hall–Kier alpha value is -0.0551. The molecule has 0 aliphatic carbocycles. The van der Waals surface area contributed by atoms with E-state index < -0.39 is 0 Å². The molecule has 2 rings (SSSR count). The van der Waals surface area contributed by atoms with Crippen molar-refractivity contribution in [2.75, 3.05) is 0 Å². The fourth-order valence-electron chi connectivity index (χ4n) is 3.07. The number of nitrogens with zero attached hydrogens (tertiary/aromatic N) is 1. The number of piperidine rings is 2. The molecule has 2 aliphatic heterocycles. The average Bonchev–Trinajstić information content (AvgIpc) is 2.01. The molecule has 2 heterocycles. The Morgan fingerprint density at radius 2 is 1.85 bits per heavy atom. The monoisotopic (exact) mass is 182 g/mol. The van der Waals surface area contributed by atoms with Crippen molar-refractivity contribution in [3.05, 3.63) is 0 Å². The van der Waals surface area contributed by atoms with Gasteiger partial charge in [0.15, 0.2) is 0 Å². The maximum Gasteiger partial charge on any atom is 0.376 e. The first kappa shape index (κ1) is 9.50. The predicted octanol–water partition coefficient (Wildman–Crippen LogP) is 0.441. The van der Waals surface area contributed by atoms with Gasteiger partial charge in [-0.1, -0.05) is 6.42 Å². The van der Waals surface area contributed by atoms with Crippen LogP contribution in [0.3, 0.4) is 0 Å². The van der Waals surface area contributed by atoms with Crippen LogP contribution >= 0.6 is 0 Å². The standard InChI is InChI=1S/C9H19BN2O/c1-10(13)12-8-3-2-4-9(12)6-7(11)5-8/h7-9,13H,2-6,11H2,1H3. The lowest BCUT2D eigenvalue weighted by Crippen LogP contribution is -2.59. The van der Waals surface area contributed by atoms with Crippen LogP contribution in [0.5, 0.6) is 0 Å². The van der Waals surface area contributed by atoms with Gasteiger partial charge in [0.2, 0.25) is 0 Å². The van der Waals surface area contributed by atoms with E-state index in [2.05, 4.69) is 4.81 Å². The van der Waals surface area contributed by atoms with Crippen LogP contribution < -0.4 is 5.73 Å². The van der Waals surface area contributed by atoms with E-state index in [-0.39, 0.29) is 7.05 Å². The van der Waals surface area contributed by atoms with Crippen LogP contribution in [0.15, 0.2) is 0 Å². The van der Waals surface area contributed by atoms with E-state index in [1.165, 1.54) is 19.3 Å². The fourth-order valence-corrected chi connectivity index (χ4v) is 3.07. The van der Waals surface area contributed by atoms with E-state index in [1.54, 1.807) is 0 Å². The summed E-state index contributed by atoms with van der Waals surface area (Å²) >= 11 is 0. The van der Waals surface area contributed by atoms with E-state index in [9.17, 15) is 5.02 Å². The molecule has 2 bridgehead atoms. The quantitative estimate of drug-likeness (QED) is 0.578. The maximum atomic E-state index is 9.65. The molecular weight excluding hydrogens is 163 g/mol. The van der Waals surface area contributed by atoms with Crippen LogP contribution in [0.2, 0.25) is 6.82 Å². The molecule has 0 amide bonds. The lowest BCUT2D eigenvalue weighted by molar-refractivity contribution is 0.0923. The largest absolute Gasteiger partial charge is 0.437 e. The molecule has 2 fully saturated rings. The highest BCUT2D eigenvalue weighted by molar-refractivity contribution is 6.45. The molecule has 0 aromatic heterocycles. The second kappa shape index (κ2) is 3.60. The zero-order chi connectivity index (χ0) is 9.42. The summed E-state index contributed by atoms with van der Waals surface area (Å²) in [5.74, 6) is 0. The van der Waals surface area contributed by atoms with Crippen molar-refractivity contribution < 1.29 is 5.02 Å². The SMILES string of the molecule is CB(O)N1C2CCCC1CC(N)C2. The summed E-state index contributed by atoms with van der Waals surface area (Å²) in [5.41, 5.74) is 5.98. The van der Waals surface area contributed by atoms with Gasteiger partial charge < -0.3 is 15.6 Å². The number of nitrogens with two attached hydrogens (primary N) is 1. The van der Waals surface area contributed by atoms with Crippen molar-refractivity contribution in [1.82, 2.24) is 4.81 Å². The van der Waals surface area contributed by atoms with Crippen molar-refractivity contribution in [3.8, 4) is 0 Å². The summed E-state index contributed by atoms with van der Waals surface area (Å²) in [5, 5.41) is 9.65. The Labute approximate surface area is 80.4 Å². The predicted molar refractivity (Wildman–Crippen MR) is 54.3 cm³/mol. The minimum atomic E-state index is -0.289. The summed E-state index contributed by atoms with van der Waals surface area (Å²) in [7, 11) is -0.289. The van der Waals surface area contributed by atoms with Gasteiger partial charge in [-0.05, 0) is 32.5 Å². The summed E-state index contributed by atoms with van der Waals surface area (Å²) < 4.78 is 0. The third kappa shape index (κ3) is 1.76. The Morgan fingerprint density at radius 1 is 1.31 bits per heavy atom. The van der Waals surface area contributed by atoms with Crippen LogP contribution in [0.1, 0.15) is 32.1 Å². The van der Waals surface area contributed by atoms with Crippen molar-refractivity contribution in [3.63, 3.8) is 0 Å². The van der Waals surface area contributed by atoms with Crippen LogP contribution in [0.4, 0.5) is 0 Å². The van der Waals surface area contributed by atoms with Crippen LogP contribution in [-0.2, 0) is 0 Å². The average molecular weight is 182 g/mol. The lowest BCUT2D eigenvalue weighted by Gasteiger charge is -2.49. The molecule has 0 spiro atoms. The number of rotatable bonds is 1. The van der Waals surface area contributed by atoms with Crippen LogP contribution in [-0.4, -0.2) is 35.0 Å². The molecule has 3 nitrogen and oxygen atoms in total. The zero-order valence-corrected chi connectivity index (χ0v) is 8.32. The molecule has 4 heteroatoms. The normalized spacial score (nSPS) is 40.4. The molecule has 0 aromatic carbocycles. The number of fused-ring (bicyclic) bond motifs is 2. The molecule has 2 atom stereocenters. The first-order valence-electron chi connectivity index (χ1n) is 5.39. The summed E-state index contributed by atoms with van der Waals surface area (Å²) in [6.45, 7) is 1.88. The van der Waals surface area contributed by atoms with Crippen molar-refractivity contribution in [1.29, 1.82) is 0 Å². The van der Waals surface area contributed by atoms with Gasteiger partial charge in [0, 0.05) is 18.1 Å². The third-order valence-electron chi connectivity index (χ3n) is 3.50. The van der Waals surface area contributed by atoms with E-state index in [4.69, 9.17) is 5.73 Å². The van der Waals surface area contributed by atoms with Gasteiger partial charge in [0.25, 0.3) is 0 Å². The highest BCUT2D eigenvalue weighted by Crippen LogP contribution is 2.33. The van der Waals surface area contributed by atoms with Gasteiger partial charge in [0.05, 0.1) is 0 Å². The van der Waals surface area contributed by atoms with Gasteiger partial charge >= 0.3 is 7.05 Å². The topological polar surface area (TPSA) is 49.5 Å². The van der Waals surface area contributed by atoms with Crippen LogP contribution in [0, 0.1) is 0 Å². The van der Waals surface area contributed by atoms with Crippen molar-refractivity contribution in [2.45, 2.75) is 57.1 Å².